The maximum Gasteiger partial charge on any atom is 0.357 e. The maximum atomic E-state index is 12.4. The topological polar surface area (TPSA) is 130 Å². The standard InChI is InChI=1S/C18H14N4O5/c23-14(20-18(27)19-11-6-2-1-3-7-11)10-22-16(24)13-9-5-4-8-12(13)15(21-22)17(25)26/h1-9H,10H2,(H,25,26)(H2,19,20,23,27). The number of aromatic carboxylic acids is 1. The predicted molar refractivity (Wildman–Crippen MR) is 96.6 cm³/mol. The van der Waals surface area contributed by atoms with Crippen LogP contribution in [0.5, 0.6) is 0 Å². The summed E-state index contributed by atoms with van der Waals surface area (Å²) in [5, 5.41) is 17.9. The number of fused-ring (bicyclic) bond motifs is 1. The lowest BCUT2D eigenvalue weighted by atomic mass is 10.1. The smallest absolute Gasteiger partial charge is 0.357 e. The summed E-state index contributed by atoms with van der Waals surface area (Å²) in [6.45, 7) is -0.605. The summed E-state index contributed by atoms with van der Waals surface area (Å²) in [5.74, 6) is -2.15. The van der Waals surface area contributed by atoms with Crippen LogP contribution in [0.3, 0.4) is 0 Å². The molecule has 3 rings (SSSR count). The maximum absolute atomic E-state index is 12.4. The average Bonchev–Trinajstić information content (AvgIpc) is 2.64. The van der Waals surface area contributed by atoms with Crippen LogP contribution in [0.1, 0.15) is 10.5 Å². The number of carboxylic acids is 1. The van der Waals surface area contributed by atoms with Gasteiger partial charge in [-0.15, -0.1) is 0 Å². The molecule has 0 atom stereocenters. The van der Waals surface area contributed by atoms with Crippen molar-refractivity contribution < 1.29 is 19.5 Å². The first kappa shape index (κ1) is 17.8. The Morgan fingerprint density at radius 1 is 0.963 bits per heavy atom. The van der Waals surface area contributed by atoms with Gasteiger partial charge in [-0.05, 0) is 18.2 Å². The number of rotatable bonds is 4. The second kappa shape index (κ2) is 7.48. The molecule has 1 heterocycles. The van der Waals surface area contributed by atoms with Gasteiger partial charge in [0, 0.05) is 11.1 Å². The number of carbonyl (C=O) groups excluding carboxylic acids is 2. The van der Waals surface area contributed by atoms with Gasteiger partial charge in [0.05, 0.1) is 5.39 Å². The first-order valence-corrected chi connectivity index (χ1v) is 7.85. The van der Waals surface area contributed by atoms with Gasteiger partial charge in [-0.1, -0.05) is 36.4 Å². The molecule has 2 aromatic carbocycles. The van der Waals surface area contributed by atoms with Crippen molar-refractivity contribution in [2.24, 2.45) is 0 Å². The number of hydrogen-bond donors (Lipinski definition) is 3. The molecule has 0 spiro atoms. The third-order valence-corrected chi connectivity index (χ3v) is 3.65. The minimum Gasteiger partial charge on any atom is -0.476 e. The lowest BCUT2D eigenvalue weighted by Crippen LogP contribution is -2.39. The van der Waals surface area contributed by atoms with Crippen LogP contribution in [0.15, 0.2) is 59.4 Å². The normalized spacial score (nSPS) is 10.4. The number of carboxylic acid groups (broad SMARTS) is 1. The third kappa shape index (κ3) is 3.98. The van der Waals surface area contributed by atoms with E-state index in [2.05, 4.69) is 15.7 Å². The quantitative estimate of drug-likeness (QED) is 0.640. The molecular weight excluding hydrogens is 352 g/mol. The van der Waals surface area contributed by atoms with Crippen molar-refractivity contribution in [2.45, 2.75) is 6.54 Å². The summed E-state index contributed by atoms with van der Waals surface area (Å²) in [7, 11) is 0. The van der Waals surface area contributed by atoms with E-state index in [9.17, 15) is 24.3 Å². The summed E-state index contributed by atoms with van der Waals surface area (Å²) in [6, 6.07) is 13.8. The average molecular weight is 366 g/mol. The van der Waals surface area contributed by atoms with E-state index < -0.39 is 30.0 Å². The highest BCUT2D eigenvalue weighted by molar-refractivity contribution is 6.02. The van der Waals surface area contributed by atoms with E-state index in [4.69, 9.17) is 0 Å². The molecule has 0 unspecified atom stereocenters. The zero-order chi connectivity index (χ0) is 19.4. The monoisotopic (exact) mass is 366 g/mol. The van der Waals surface area contributed by atoms with Crippen LogP contribution in [0.2, 0.25) is 0 Å². The number of para-hydroxylation sites is 1. The van der Waals surface area contributed by atoms with Gasteiger partial charge in [0.15, 0.2) is 5.69 Å². The summed E-state index contributed by atoms with van der Waals surface area (Å²) in [5.41, 5.74) is -0.502. The molecule has 0 bridgehead atoms. The number of carbonyl (C=O) groups is 3. The molecular formula is C18H14N4O5. The summed E-state index contributed by atoms with van der Waals surface area (Å²) < 4.78 is 0.719. The number of aromatic nitrogens is 2. The molecule has 9 heteroatoms. The first-order chi connectivity index (χ1) is 13.0. The number of hydrogen-bond acceptors (Lipinski definition) is 5. The number of benzene rings is 2. The van der Waals surface area contributed by atoms with Crippen LogP contribution >= 0.6 is 0 Å². The second-order valence-electron chi connectivity index (χ2n) is 5.53. The first-order valence-electron chi connectivity index (χ1n) is 7.85. The molecule has 0 saturated carbocycles. The van der Waals surface area contributed by atoms with Gasteiger partial charge in [-0.25, -0.2) is 14.3 Å². The zero-order valence-electron chi connectivity index (χ0n) is 13.9. The van der Waals surface area contributed by atoms with Crippen LogP contribution in [0.4, 0.5) is 10.5 Å². The number of anilines is 1. The molecule has 9 nitrogen and oxygen atoms in total. The van der Waals surface area contributed by atoms with Gasteiger partial charge < -0.3 is 10.4 Å². The fourth-order valence-electron chi connectivity index (χ4n) is 2.49. The van der Waals surface area contributed by atoms with E-state index in [1.54, 1.807) is 42.5 Å². The van der Waals surface area contributed by atoms with Gasteiger partial charge in [0.2, 0.25) is 5.91 Å². The Bertz CT molecular complexity index is 1090. The minimum atomic E-state index is -1.33. The molecule has 0 aliphatic heterocycles. The molecule has 0 radical (unpaired) electrons. The van der Waals surface area contributed by atoms with E-state index in [-0.39, 0.29) is 16.5 Å². The van der Waals surface area contributed by atoms with Crippen molar-refractivity contribution in [3.63, 3.8) is 0 Å². The van der Waals surface area contributed by atoms with Crippen molar-refractivity contribution in [2.75, 3.05) is 5.32 Å². The molecule has 27 heavy (non-hydrogen) atoms. The van der Waals surface area contributed by atoms with Crippen LogP contribution in [-0.4, -0.2) is 32.8 Å². The van der Waals surface area contributed by atoms with E-state index in [0.29, 0.717) is 5.69 Å². The predicted octanol–water partition coefficient (Wildman–Crippen LogP) is 1.44. The summed E-state index contributed by atoms with van der Waals surface area (Å²) in [4.78, 5) is 47.7. The fraction of sp³-hybridized carbons (Fsp3) is 0.0556. The Kier molecular flexibility index (Phi) is 4.93. The van der Waals surface area contributed by atoms with Crippen molar-refractivity contribution in [3.05, 3.63) is 70.6 Å². The lowest BCUT2D eigenvalue weighted by Gasteiger charge is -2.09. The van der Waals surface area contributed by atoms with Crippen molar-refractivity contribution in [1.29, 1.82) is 0 Å². The van der Waals surface area contributed by atoms with Crippen LogP contribution < -0.4 is 16.2 Å². The van der Waals surface area contributed by atoms with Crippen LogP contribution in [-0.2, 0) is 11.3 Å². The number of nitrogens with one attached hydrogen (secondary N) is 2. The Balaban J connectivity index is 1.81. The molecule has 136 valence electrons. The number of imide groups is 1. The minimum absolute atomic E-state index is 0.117. The molecule has 0 saturated heterocycles. The second-order valence-corrected chi connectivity index (χ2v) is 5.53. The van der Waals surface area contributed by atoms with E-state index in [0.717, 1.165) is 4.68 Å². The number of nitrogens with zero attached hydrogens (tertiary/aromatic N) is 2. The fourth-order valence-corrected chi connectivity index (χ4v) is 2.49. The Labute approximate surface area is 152 Å². The van der Waals surface area contributed by atoms with E-state index in [1.807, 2.05) is 0 Å². The zero-order valence-corrected chi connectivity index (χ0v) is 13.9. The third-order valence-electron chi connectivity index (χ3n) is 3.65. The van der Waals surface area contributed by atoms with E-state index in [1.165, 1.54) is 12.1 Å². The van der Waals surface area contributed by atoms with Gasteiger partial charge in [0.1, 0.15) is 6.54 Å². The SMILES string of the molecule is O=C(Cn1nc(C(=O)O)c2ccccc2c1=O)NC(=O)Nc1ccccc1. The largest absolute Gasteiger partial charge is 0.476 e. The Hall–Kier alpha value is -4.01. The number of amides is 3. The molecule has 3 aromatic rings. The summed E-state index contributed by atoms with van der Waals surface area (Å²) in [6.07, 6.45) is 0. The van der Waals surface area contributed by atoms with Gasteiger partial charge in [0.25, 0.3) is 5.56 Å². The Morgan fingerprint density at radius 3 is 2.26 bits per heavy atom. The molecule has 0 aliphatic rings. The molecule has 0 aliphatic carbocycles. The van der Waals surface area contributed by atoms with Gasteiger partial charge in [-0.3, -0.25) is 14.9 Å². The highest BCUT2D eigenvalue weighted by atomic mass is 16.4. The summed E-state index contributed by atoms with van der Waals surface area (Å²) >= 11 is 0. The van der Waals surface area contributed by atoms with Gasteiger partial charge >= 0.3 is 12.0 Å². The van der Waals surface area contributed by atoms with E-state index >= 15 is 0 Å². The van der Waals surface area contributed by atoms with Gasteiger partial charge in [-0.2, -0.15) is 5.10 Å². The molecule has 3 amide bonds. The van der Waals surface area contributed by atoms with Crippen molar-refractivity contribution in [1.82, 2.24) is 15.1 Å². The van der Waals surface area contributed by atoms with Crippen LogP contribution in [0, 0.1) is 0 Å². The molecule has 3 N–H and O–H groups in total. The highest BCUT2D eigenvalue weighted by Gasteiger charge is 2.17. The van der Waals surface area contributed by atoms with Crippen molar-refractivity contribution >= 4 is 34.4 Å². The number of urea groups is 1. The van der Waals surface area contributed by atoms with Crippen LogP contribution in [0.25, 0.3) is 10.8 Å². The molecule has 1 aromatic heterocycles. The Morgan fingerprint density at radius 2 is 1.59 bits per heavy atom. The highest BCUT2D eigenvalue weighted by Crippen LogP contribution is 2.13. The lowest BCUT2D eigenvalue weighted by molar-refractivity contribution is -0.120. The molecule has 0 fully saturated rings. The van der Waals surface area contributed by atoms with Crippen molar-refractivity contribution in [3.8, 4) is 0 Å².